The fraction of sp³-hybridized carbons (Fsp3) is 0.409. The molecule has 1 heterocycles. The van der Waals surface area contributed by atoms with E-state index in [4.69, 9.17) is 6.57 Å². The van der Waals surface area contributed by atoms with E-state index in [1.807, 2.05) is 18.2 Å². The summed E-state index contributed by atoms with van der Waals surface area (Å²) in [5, 5.41) is 10.7. The van der Waals surface area contributed by atoms with Crippen molar-refractivity contribution in [2.45, 2.75) is 37.3 Å². The van der Waals surface area contributed by atoms with E-state index in [9.17, 15) is 5.11 Å². The van der Waals surface area contributed by atoms with Gasteiger partial charge in [-0.1, -0.05) is 65.5 Å². The van der Waals surface area contributed by atoms with E-state index in [1.54, 1.807) is 0 Å². The van der Waals surface area contributed by atoms with Crippen LogP contribution < -0.4 is 0 Å². The molecule has 0 amide bonds. The molecule has 2 aromatic carbocycles. The monoisotopic (exact) mass is 335 g/mol. The van der Waals surface area contributed by atoms with Crippen molar-refractivity contribution in [3.05, 3.63) is 76.6 Å². The molecule has 0 saturated carbocycles. The molecule has 0 radical (unpaired) electrons. The molecule has 1 fully saturated rings. The van der Waals surface area contributed by atoms with Gasteiger partial charge in [-0.2, -0.15) is 0 Å². The minimum Gasteiger partial charge on any atom is -0.383 e. The van der Waals surface area contributed by atoms with Crippen LogP contribution in [0.15, 0.2) is 60.7 Å². The zero-order valence-electron chi connectivity index (χ0n) is 14.7. The van der Waals surface area contributed by atoms with Crippen LogP contribution in [0.4, 0.5) is 0 Å². The highest BCUT2D eigenvalue weighted by Crippen LogP contribution is 2.27. The topological polar surface area (TPSA) is 27.8 Å². The molecule has 130 valence electrons. The van der Waals surface area contributed by atoms with Crippen LogP contribution in [0.5, 0.6) is 0 Å². The minimum atomic E-state index is -0.542. The molecule has 25 heavy (non-hydrogen) atoms. The number of rotatable bonds is 6. The summed E-state index contributed by atoms with van der Waals surface area (Å²) in [6.07, 6.45) is 2.51. The Morgan fingerprint density at radius 1 is 1.08 bits per heavy atom. The molecule has 2 unspecified atom stereocenters. The van der Waals surface area contributed by atoms with E-state index >= 15 is 0 Å². The van der Waals surface area contributed by atoms with Crippen molar-refractivity contribution in [2.24, 2.45) is 0 Å². The lowest BCUT2D eigenvalue weighted by atomic mass is 9.90. The maximum atomic E-state index is 10.7. The molecule has 1 saturated heterocycles. The molecule has 0 bridgehead atoms. The van der Waals surface area contributed by atoms with Crippen molar-refractivity contribution >= 4 is 0 Å². The molecule has 0 aliphatic carbocycles. The van der Waals surface area contributed by atoms with Gasteiger partial charge < -0.3 is 5.11 Å². The van der Waals surface area contributed by atoms with Gasteiger partial charge in [-0.05, 0) is 36.4 Å². The summed E-state index contributed by atoms with van der Waals surface area (Å²) in [6.45, 7) is 8.24. The van der Waals surface area contributed by atoms with Crippen molar-refractivity contribution in [1.29, 1.82) is 0 Å². The van der Waals surface area contributed by atoms with Gasteiger partial charge in [-0.3, -0.25) is 4.90 Å². The molecule has 3 atom stereocenters. The van der Waals surface area contributed by atoms with Gasteiger partial charge in [0.15, 0.2) is 0 Å². The van der Waals surface area contributed by atoms with Gasteiger partial charge in [0.1, 0.15) is 6.10 Å². The maximum Gasteiger partial charge on any atom is 0.302 e. The molecule has 3 nitrogen and oxygen atoms in total. The first-order valence-electron chi connectivity index (χ1n) is 9.15. The Hall–Kier alpha value is -2.15. The van der Waals surface area contributed by atoms with E-state index < -0.39 is 6.10 Å². The SMILES string of the molecule is C#[N+][C@H](Cc1ccccc1)C(O)CN1CCCC(c2ccccc2)C1. The van der Waals surface area contributed by atoms with Crippen LogP contribution in [0, 0.1) is 6.57 Å². The summed E-state index contributed by atoms with van der Waals surface area (Å²) >= 11 is 0. The zero-order chi connectivity index (χ0) is 17.5. The standard InChI is InChI=1S/C22H27N2O/c1-23-21(15-18-9-4-2-5-10-18)22(25)17-24-14-8-13-20(16-24)19-11-6-3-7-12-19/h1-7,9-12,20-22,25H,8,13-17H2/q+1/t20?,21-,22?/m1/s1. The van der Waals surface area contributed by atoms with Crippen molar-refractivity contribution in [3.8, 4) is 6.57 Å². The number of aliphatic hydroxyl groups is 1. The Bertz CT molecular complexity index is 680. The number of hydrogen-bond donors (Lipinski definition) is 1. The summed E-state index contributed by atoms with van der Waals surface area (Å²) in [6, 6.07) is 20.5. The predicted octanol–water partition coefficient (Wildman–Crippen LogP) is 3.80. The van der Waals surface area contributed by atoms with Crippen molar-refractivity contribution in [1.82, 2.24) is 4.90 Å². The van der Waals surface area contributed by atoms with Gasteiger partial charge in [0.25, 0.3) is 6.57 Å². The predicted molar refractivity (Wildman–Crippen MR) is 103 cm³/mol. The van der Waals surface area contributed by atoms with E-state index in [0.29, 0.717) is 18.9 Å². The van der Waals surface area contributed by atoms with Crippen LogP contribution in [0.3, 0.4) is 0 Å². The largest absolute Gasteiger partial charge is 0.383 e. The third kappa shape index (κ3) is 4.92. The normalized spacial score (nSPS) is 20.6. The molecule has 1 aliphatic rings. The maximum absolute atomic E-state index is 10.7. The Labute approximate surface area is 150 Å². The number of β-amino-alcohol motifs (C(OH)–C–C–N with tert-alkyl or cyclic N) is 1. The van der Waals surface area contributed by atoms with Crippen molar-refractivity contribution < 1.29 is 5.11 Å². The van der Waals surface area contributed by atoms with Crippen LogP contribution in [-0.2, 0) is 6.42 Å². The van der Waals surface area contributed by atoms with Crippen molar-refractivity contribution in [2.75, 3.05) is 19.6 Å². The second-order valence-corrected chi connectivity index (χ2v) is 6.98. The van der Waals surface area contributed by atoms with Gasteiger partial charge >= 0.3 is 6.04 Å². The lowest BCUT2D eigenvalue weighted by Crippen LogP contribution is -2.43. The number of likely N-dealkylation sites (tertiary alicyclic amines) is 1. The van der Waals surface area contributed by atoms with Gasteiger partial charge in [0.2, 0.25) is 0 Å². The summed E-state index contributed by atoms with van der Waals surface area (Å²) in [7, 11) is 0. The summed E-state index contributed by atoms with van der Waals surface area (Å²) < 4.78 is 0. The number of piperidine rings is 1. The first-order valence-corrected chi connectivity index (χ1v) is 9.15. The van der Waals surface area contributed by atoms with Crippen molar-refractivity contribution in [3.63, 3.8) is 0 Å². The Morgan fingerprint density at radius 2 is 1.76 bits per heavy atom. The molecule has 1 N–H and O–H groups in total. The summed E-state index contributed by atoms with van der Waals surface area (Å²) in [4.78, 5) is 6.31. The second kappa shape index (κ2) is 8.80. The van der Waals surface area contributed by atoms with E-state index in [1.165, 1.54) is 12.0 Å². The minimum absolute atomic E-state index is 0.264. The van der Waals surface area contributed by atoms with Crippen LogP contribution in [0.1, 0.15) is 29.9 Å². The zero-order valence-corrected chi connectivity index (χ0v) is 14.7. The van der Waals surface area contributed by atoms with Gasteiger partial charge in [0.05, 0.1) is 6.42 Å². The molecule has 3 heteroatoms. The highest BCUT2D eigenvalue weighted by Gasteiger charge is 2.31. The molecular weight excluding hydrogens is 308 g/mol. The smallest absolute Gasteiger partial charge is 0.302 e. The first-order chi connectivity index (χ1) is 12.3. The summed E-state index contributed by atoms with van der Waals surface area (Å²) in [5.41, 5.74) is 2.55. The Kier molecular flexibility index (Phi) is 6.22. The molecular formula is C22H27N2O+. The van der Waals surface area contributed by atoms with Crippen LogP contribution in [0.25, 0.3) is 4.85 Å². The average molecular weight is 335 g/mol. The Balaban J connectivity index is 1.57. The van der Waals surface area contributed by atoms with Crippen LogP contribution in [0.2, 0.25) is 0 Å². The van der Waals surface area contributed by atoms with Crippen LogP contribution in [-0.4, -0.2) is 41.8 Å². The number of aliphatic hydroxyl groups excluding tert-OH is 1. The Morgan fingerprint density at radius 3 is 2.44 bits per heavy atom. The average Bonchev–Trinajstić information content (AvgIpc) is 2.68. The van der Waals surface area contributed by atoms with E-state index in [2.05, 4.69) is 52.2 Å². The quantitative estimate of drug-likeness (QED) is 0.869. The molecule has 0 aromatic heterocycles. The van der Waals surface area contributed by atoms with Gasteiger partial charge in [0, 0.05) is 13.1 Å². The fourth-order valence-corrected chi connectivity index (χ4v) is 3.75. The molecule has 0 spiro atoms. The fourth-order valence-electron chi connectivity index (χ4n) is 3.75. The lowest BCUT2D eigenvalue weighted by Gasteiger charge is -2.34. The van der Waals surface area contributed by atoms with Crippen LogP contribution >= 0.6 is 0 Å². The van der Waals surface area contributed by atoms with E-state index in [-0.39, 0.29) is 6.04 Å². The number of benzene rings is 2. The van der Waals surface area contributed by atoms with Gasteiger partial charge in [-0.25, -0.2) is 0 Å². The number of nitrogens with zero attached hydrogens (tertiary/aromatic N) is 2. The number of hydrogen-bond acceptors (Lipinski definition) is 2. The second-order valence-electron chi connectivity index (χ2n) is 6.98. The third-order valence-electron chi connectivity index (χ3n) is 5.15. The molecule has 2 aromatic rings. The third-order valence-corrected chi connectivity index (χ3v) is 5.15. The van der Waals surface area contributed by atoms with Gasteiger partial charge in [-0.15, -0.1) is 0 Å². The molecule has 3 rings (SSSR count). The van der Waals surface area contributed by atoms with E-state index in [0.717, 1.165) is 25.1 Å². The summed E-state index contributed by atoms with van der Waals surface area (Å²) in [5.74, 6) is 0.546. The molecule has 1 aliphatic heterocycles. The highest BCUT2D eigenvalue weighted by molar-refractivity contribution is 5.21. The first kappa shape index (κ1) is 17.7. The highest BCUT2D eigenvalue weighted by atomic mass is 16.3. The lowest BCUT2D eigenvalue weighted by molar-refractivity contribution is 0.0854.